The summed E-state index contributed by atoms with van der Waals surface area (Å²) < 4.78 is 12.4. The maximum atomic E-state index is 12.6. The van der Waals surface area contributed by atoms with Crippen molar-refractivity contribution in [2.24, 2.45) is 5.92 Å². The summed E-state index contributed by atoms with van der Waals surface area (Å²) in [6.45, 7) is 8.59. The number of hydrogen-bond acceptors (Lipinski definition) is 6. The van der Waals surface area contributed by atoms with Gasteiger partial charge in [0.25, 0.3) is 0 Å². The number of nitrogens with zero attached hydrogens (tertiary/aromatic N) is 3. The van der Waals surface area contributed by atoms with Crippen molar-refractivity contribution < 1.29 is 14.3 Å². The zero-order valence-corrected chi connectivity index (χ0v) is 19.8. The standard InChI is InChI=1S/C23H30N4O3S/c1-14(2)7-9-19-15(3)26-27(16(19)4)23-24-17(13-31-23)11-22(28)25-20-10-8-18(29-5)12-21(20)30-6/h8,10,12-14H,7,9,11H2,1-6H3,(H,25,28). The number of aryl methyl sites for hydroxylation is 1. The van der Waals surface area contributed by atoms with E-state index in [1.807, 2.05) is 17.0 Å². The molecule has 166 valence electrons. The van der Waals surface area contributed by atoms with E-state index in [1.165, 1.54) is 16.9 Å². The SMILES string of the molecule is COc1ccc(NC(=O)Cc2csc(-n3nc(C)c(CCC(C)C)c3C)n2)c(OC)c1. The molecule has 0 saturated carbocycles. The van der Waals surface area contributed by atoms with Crippen LogP contribution in [0.25, 0.3) is 5.13 Å². The van der Waals surface area contributed by atoms with Crippen molar-refractivity contribution in [2.75, 3.05) is 19.5 Å². The number of amides is 1. The summed E-state index contributed by atoms with van der Waals surface area (Å²) in [5, 5.41) is 10.3. The predicted octanol–water partition coefficient (Wildman–Crippen LogP) is 4.73. The first-order chi connectivity index (χ1) is 14.8. The first kappa shape index (κ1) is 22.8. The van der Waals surface area contributed by atoms with Gasteiger partial charge in [-0.1, -0.05) is 13.8 Å². The molecule has 0 aliphatic heterocycles. The molecule has 2 aromatic heterocycles. The predicted molar refractivity (Wildman–Crippen MR) is 124 cm³/mol. The smallest absolute Gasteiger partial charge is 0.230 e. The molecular weight excluding hydrogens is 412 g/mol. The quantitative estimate of drug-likeness (QED) is 0.518. The molecule has 7 nitrogen and oxygen atoms in total. The third kappa shape index (κ3) is 5.44. The topological polar surface area (TPSA) is 78.3 Å². The molecule has 8 heteroatoms. The monoisotopic (exact) mass is 442 g/mol. The van der Waals surface area contributed by atoms with Crippen LogP contribution in [0, 0.1) is 19.8 Å². The van der Waals surface area contributed by atoms with Crippen LogP contribution in [0.1, 0.15) is 42.9 Å². The lowest BCUT2D eigenvalue weighted by atomic mass is 10.0. The summed E-state index contributed by atoms with van der Waals surface area (Å²) in [5.41, 5.74) is 4.75. The molecular formula is C23H30N4O3S. The van der Waals surface area contributed by atoms with E-state index in [4.69, 9.17) is 14.6 Å². The van der Waals surface area contributed by atoms with Gasteiger partial charge in [-0.3, -0.25) is 4.79 Å². The normalized spacial score (nSPS) is 11.1. The van der Waals surface area contributed by atoms with Crippen molar-refractivity contribution in [3.63, 3.8) is 0 Å². The molecule has 3 rings (SSSR count). The lowest BCUT2D eigenvalue weighted by Gasteiger charge is -2.11. The van der Waals surface area contributed by atoms with Gasteiger partial charge in [-0.2, -0.15) is 5.10 Å². The van der Waals surface area contributed by atoms with E-state index in [-0.39, 0.29) is 12.3 Å². The Balaban J connectivity index is 1.71. The molecule has 0 aliphatic carbocycles. The van der Waals surface area contributed by atoms with Crippen molar-refractivity contribution in [1.82, 2.24) is 14.8 Å². The van der Waals surface area contributed by atoms with Gasteiger partial charge in [0.15, 0.2) is 0 Å². The summed E-state index contributed by atoms with van der Waals surface area (Å²) in [7, 11) is 3.14. The summed E-state index contributed by atoms with van der Waals surface area (Å²) >= 11 is 1.49. The highest BCUT2D eigenvalue weighted by Crippen LogP contribution is 2.29. The number of ether oxygens (including phenoxy) is 2. The summed E-state index contributed by atoms with van der Waals surface area (Å²) in [4.78, 5) is 17.2. The Labute approximate surface area is 187 Å². The van der Waals surface area contributed by atoms with Gasteiger partial charge in [0, 0.05) is 17.1 Å². The Hall–Kier alpha value is -2.87. The molecule has 1 N–H and O–H groups in total. The number of carbonyl (C=O) groups excluding carboxylic acids is 1. The highest BCUT2D eigenvalue weighted by molar-refractivity contribution is 7.12. The lowest BCUT2D eigenvalue weighted by Crippen LogP contribution is -2.15. The Morgan fingerprint density at radius 2 is 2.00 bits per heavy atom. The van der Waals surface area contributed by atoms with Gasteiger partial charge < -0.3 is 14.8 Å². The number of hydrogen-bond donors (Lipinski definition) is 1. The van der Waals surface area contributed by atoms with Crippen molar-refractivity contribution in [1.29, 1.82) is 0 Å². The van der Waals surface area contributed by atoms with Crippen LogP contribution in [0.15, 0.2) is 23.6 Å². The van der Waals surface area contributed by atoms with Gasteiger partial charge in [-0.15, -0.1) is 11.3 Å². The number of carbonyl (C=O) groups is 1. The second-order valence-electron chi connectivity index (χ2n) is 7.91. The second-order valence-corrected chi connectivity index (χ2v) is 8.74. The fourth-order valence-corrected chi connectivity index (χ4v) is 4.22. The fraction of sp³-hybridized carbons (Fsp3) is 0.435. The van der Waals surface area contributed by atoms with E-state index in [2.05, 4.69) is 31.1 Å². The summed E-state index contributed by atoms with van der Waals surface area (Å²) in [6, 6.07) is 5.27. The van der Waals surface area contributed by atoms with Gasteiger partial charge in [0.05, 0.1) is 37.7 Å². The zero-order chi connectivity index (χ0) is 22.5. The average molecular weight is 443 g/mol. The minimum atomic E-state index is -0.161. The molecule has 0 bridgehead atoms. The summed E-state index contributed by atoms with van der Waals surface area (Å²) in [5.74, 6) is 1.70. The minimum absolute atomic E-state index is 0.161. The number of benzene rings is 1. The number of thiazole rings is 1. The Kier molecular flexibility index (Phi) is 7.33. The van der Waals surface area contributed by atoms with Crippen molar-refractivity contribution in [2.45, 2.75) is 47.0 Å². The number of anilines is 1. The van der Waals surface area contributed by atoms with Gasteiger partial charge in [-0.05, 0) is 50.3 Å². The van der Waals surface area contributed by atoms with Crippen molar-refractivity contribution in [3.05, 3.63) is 46.2 Å². The lowest BCUT2D eigenvalue weighted by molar-refractivity contribution is -0.115. The Morgan fingerprint density at radius 1 is 1.23 bits per heavy atom. The first-order valence-corrected chi connectivity index (χ1v) is 11.2. The van der Waals surface area contributed by atoms with E-state index >= 15 is 0 Å². The van der Waals surface area contributed by atoms with Crippen LogP contribution >= 0.6 is 11.3 Å². The molecule has 2 heterocycles. The molecule has 0 radical (unpaired) electrons. The molecule has 3 aromatic rings. The van der Waals surface area contributed by atoms with Gasteiger partial charge >= 0.3 is 0 Å². The molecule has 0 atom stereocenters. The van der Waals surface area contributed by atoms with Crippen LogP contribution in [0.3, 0.4) is 0 Å². The van der Waals surface area contributed by atoms with Crippen LogP contribution in [0.4, 0.5) is 5.69 Å². The number of methoxy groups -OCH3 is 2. The Bertz CT molecular complexity index is 1060. The van der Waals surface area contributed by atoms with Gasteiger partial charge in [0.2, 0.25) is 11.0 Å². The Morgan fingerprint density at radius 3 is 2.68 bits per heavy atom. The van der Waals surface area contributed by atoms with Gasteiger partial charge in [0.1, 0.15) is 11.5 Å². The van der Waals surface area contributed by atoms with Crippen LogP contribution in [0.2, 0.25) is 0 Å². The molecule has 31 heavy (non-hydrogen) atoms. The van der Waals surface area contributed by atoms with E-state index < -0.39 is 0 Å². The number of aromatic nitrogens is 3. The molecule has 0 unspecified atom stereocenters. The van der Waals surface area contributed by atoms with Crippen molar-refractivity contribution >= 4 is 22.9 Å². The van der Waals surface area contributed by atoms with E-state index in [1.54, 1.807) is 32.4 Å². The van der Waals surface area contributed by atoms with E-state index in [0.29, 0.717) is 28.8 Å². The van der Waals surface area contributed by atoms with Crippen LogP contribution < -0.4 is 14.8 Å². The first-order valence-electron chi connectivity index (χ1n) is 10.3. The maximum absolute atomic E-state index is 12.6. The van der Waals surface area contributed by atoms with Crippen LogP contribution in [-0.2, 0) is 17.6 Å². The average Bonchev–Trinajstić information content (AvgIpc) is 3.30. The van der Waals surface area contributed by atoms with Crippen LogP contribution in [-0.4, -0.2) is 34.9 Å². The molecule has 0 spiro atoms. The molecule has 0 saturated heterocycles. The number of rotatable bonds is 9. The maximum Gasteiger partial charge on any atom is 0.230 e. The molecule has 1 amide bonds. The second kappa shape index (κ2) is 9.96. The van der Waals surface area contributed by atoms with E-state index in [0.717, 1.165) is 29.4 Å². The number of nitrogens with one attached hydrogen (secondary N) is 1. The highest BCUT2D eigenvalue weighted by Gasteiger charge is 2.17. The third-order valence-corrected chi connectivity index (χ3v) is 6.02. The fourth-order valence-electron chi connectivity index (χ4n) is 3.39. The largest absolute Gasteiger partial charge is 0.497 e. The molecule has 0 aliphatic rings. The van der Waals surface area contributed by atoms with Crippen LogP contribution in [0.5, 0.6) is 11.5 Å². The highest BCUT2D eigenvalue weighted by atomic mass is 32.1. The third-order valence-electron chi connectivity index (χ3n) is 5.16. The van der Waals surface area contributed by atoms with Gasteiger partial charge in [-0.25, -0.2) is 9.67 Å². The van der Waals surface area contributed by atoms with Crippen molar-refractivity contribution in [3.8, 4) is 16.6 Å². The minimum Gasteiger partial charge on any atom is -0.497 e. The zero-order valence-electron chi connectivity index (χ0n) is 19.0. The van der Waals surface area contributed by atoms with E-state index in [9.17, 15) is 4.79 Å². The molecule has 1 aromatic carbocycles. The summed E-state index contributed by atoms with van der Waals surface area (Å²) in [6.07, 6.45) is 2.32. The molecule has 0 fully saturated rings.